The molecule has 1 saturated carbocycles. The van der Waals surface area contributed by atoms with E-state index >= 15 is 0 Å². The summed E-state index contributed by atoms with van der Waals surface area (Å²) in [6.07, 6.45) is 7.56. The lowest BCUT2D eigenvalue weighted by Crippen LogP contribution is -2.38. The first-order chi connectivity index (χ1) is 15.1. The Balaban J connectivity index is 1.30. The lowest BCUT2D eigenvalue weighted by molar-refractivity contribution is 0.0709. The number of benzene rings is 1. The molecule has 1 amide bonds. The number of nitrogens with zero attached hydrogens (tertiary/aromatic N) is 8. The maximum absolute atomic E-state index is 13.1. The molecule has 162 valence electrons. The van der Waals surface area contributed by atoms with Crippen molar-refractivity contribution < 1.29 is 4.79 Å². The number of likely N-dealkylation sites (tertiary alicyclic amines) is 1. The van der Waals surface area contributed by atoms with Crippen LogP contribution in [0.2, 0.25) is 0 Å². The number of tetrazole rings is 1. The fraction of sp³-hybridized carbons (Fsp3) is 0.524. The highest BCUT2D eigenvalue weighted by Gasteiger charge is 2.31. The summed E-state index contributed by atoms with van der Waals surface area (Å²) in [5.41, 5.74) is 1.35. The quantitative estimate of drug-likeness (QED) is 0.634. The van der Waals surface area contributed by atoms with E-state index in [1.165, 1.54) is 28.5 Å². The van der Waals surface area contributed by atoms with Crippen LogP contribution in [0.15, 0.2) is 35.4 Å². The molecule has 2 aliphatic rings. The molecule has 0 atom stereocenters. The van der Waals surface area contributed by atoms with Crippen molar-refractivity contribution in [2.45, 2.75) is 50.5 Å². The Hall–Kier alpha value is -3.30. The van der Waals surface area contributed by atoms with Crippen LogP contribution in [-0.2, 0) is 7.05 Å². The van der Waals surface area contributed by atoms with Gasteiger partial charge < -0.3 is 4.90 Å². The van der Waals surface area contributed by atoms with Crippen LogP contribution in [0.25, 0.3) is 5.69 Å². The van der Waals surface area contributed by atoms with Gasteiger partial charge >= 0.3 is 5.69 Å². The molecule has 2 fully saturated rings. The lowest BCUT2D eigenvalue weighted by Gasteiger charge is -2.32. The second kappa shape index (κ2) is 8.09. The Bertz CT molecular complexity index is 1120. The SMILES string of the molecule is Cn1nc(C2CCN(C(=O)c3cccc(-n4cnnn4)c3)CC2)n(C2CCCC2)c1=O. The van der Waals surface area contributed by atoms with Gasteiger partial charge in [-0.05, 0) is 54.3 Å². The minimum atomic E-state index is -0.0141. The highest BCUT2D eigenvalue weighted by Crippen LogP contribution is 2.33. The number of carbonyl (C=O) groups is 1. The normalized spacial score (nSPS) is 18.0. The van der Waals surface area contributed by atoms with Gasteiger partial charge in [0.05, 0.1) is 5.69 Å². The fourth-order valence-corrected chi connectivity index (χ4v) is 4.87. The molecule has 0 unspecified atom stereocenters. The molecule has 10 heteroatoms. The smallest absolute Gasteiger partial charge is 0.339 e. The number of aromatic nitrogens is 7. The first-order valence-corrected chi connectivity index (χ1v) is 10.9. The summed E-state index contributed by atoms with van der Waals surface area (Å²) in [7, 11) is 1.73. The zero-order valence-corrected chi connectivity index (χ0v) is 17.6. The van der Waals surface area contributed by atoms with E-state index in [4.69, 9.17) is 0 Å². The molecule has 31 heavy (non-hydrogen) atoms. The number of aryl methyl sites for hydroxylation is 1. The third kappa shape index (κ3) is 3.66. The summed E-state index contributed by atoms with van der Waals surface area (Å²) < 4.78 is 4.94. The van der Waals surface area contributed by atoms with E-state index in [0.29, 0.717) is 18.7 Å². The van der Waals surface area contributed by atoms with Gasteiger partial charge in [-0.3, -0.25) is 9.36 Å². The average molecular weight is 422 g/mol. The summed E-state index contributed by atoms with van der Waals surface area (Å²) >= 11 is 0. The Labute approximate surface area is 179 Å². The maximum atomic E-state index is 13.1. The monoisotopic (exact) mass is 422 g/mol. The van der Waals surface area contributed by atoms with E-state index < -0.39 is 0 Å². The molecule has 1 aliphatic carbocycles. The molecule has 10 nitrogen and oxygen atoms in total. The van der Waals surface area contributed by atoms with Crippen molar-refractivity contribution >= 4 is 5.91 Å². The molecule has 3 aromatic rings. The second-order valence-corrected chi connectivity index (χ2v) is 8.44. The molecule has 5 rings (SSSR count). The molecule has 0 spiro atoms. The topological polar surface area (TPSA) is 104 Å². The Morgan fingerprint density at radius 2 is 1.87 bits per heavy atom. The van der Waals surface area contributed by atoms with Crippen LogP contribution in [0, 0.1) is 0 Å². The van der Waals surface area contributed by atoms with Crippen molar-refractivity contribution in [2.75, 3.05) is 13.1 Å². The minimum Gasteiger partial charge on any atom is -0.339 e. The van der Waals surface area contributed by atoms with Gasteiger partial charge in [0.2, 0.25) is 0 Å². The lowest BCUT2D eigenvalue weighted by atomic mass is 9.95. The van der Waals surface area contributed by atoms with Crippen LogP contribution >= 0.6 is 0 Å². The number of amides is 1. The summed E-state index contributed by atoms with van der Waals surface area (Å²) in [5.74, 6) is 1.10. The molecule has 1 aliphatic heterocycles. The van der Waals surface area contributed by atoms with Crippen molar-refractivity contribution in [1.82, 2.24) is 39.5 Å². The molecular weight excluding hydrogens is 396 g/mol. The number of hydrogen-bond acceptors (Lipinski definition) is 6. The summed E-state index contributed by atoms with van der Waals surface area (Å²) in [6, 6.07) is 7.60. The zero-order chi connectivity index (χ0) is 21.4. The van der Waals surface area contributed by atoms with Gasteiger partial charge in [0, 0.05) is 37.7 Å². The van der Waals surface area contributed by atoms with Gasteiger partial charge in [-0.1, -0.05) is 18.9 Å². The van der Waals surface area contributed by atoms with Crippen molar-refractivity contribution in [3.8, 4) is 5.69 Å². The molecule has 2 aromatic heterocycles. The summed E-state index contributed by atoms with van der Waals surface area (Å²) in [4.78, 5) is 27.7. The van der Waals surface area contributed by atoms with E-state index in [-0.39, 0.29) is 23.6 Å². The molecule has 0 radical (unpaired) electrons. The van der Waals surface area contributed by atoms with Crippen LogP contribution in [0.1, 0.15) is 66.7 Å². The van der Waals surface area contributed by atoms with Crippen molar-refractivity contribution in [3.63, 3.8) is 0 Å². The Morgan fingerprint density at radius 1 is 1.10 bits per heavy atom. The molecule has 1 saturated heterocycles. The average Bonchev–Trinajstić information content (AvgIpc) is 3.56. The standard InChI is InChI=1S/C21H26N8O2/c1-26-21(31)29(17-6-2-3-7-17)19(23-26)15-9-11-27(12-10-15)20(30)16-5-4-8-18(13-16)28-14-22-24-25-28/h4-5,8,13-15,17H,2-3,6-7,9-12H2,1H3. The zero-order valence-electron chi connectivity index (χ0n) is 17.6. The Kier molecular flexibility index (Phi) is 5.13. The second-order valence-electron chi connectivity index (χ2n) is 8.44. The molecular formula is C21H26N8O2. The van der Waals surface area contributed by atoms with E-state index in [1.807, 2.05) is 27.7 Å². The minimum absolute atomic E-state index is 0.00239. The van der Waals surface area contributed by atoms with Gasteiger partial charge in [0.25, 0.3) is 5.91 Å². The van der Waals surface area contributed by atoms with Crippen LogP contribution in [-0.4, -0.2) is 58.5 Å². The van der Waals surface area contributed by atoms with Crippen LogP contribution in [0.5, 0.6) is 0 Å². The number of carbonyl (C=O) groups excluding carboxylic acids is 1. The van der Waals surface area contributed by atoms with Gasteiger partial charge in [0.15, 0.2) is 0 Å². The highest BCUT2D eigenvalue weighted by atomic mass is 16.2. The summed E-state index contributed by atoms with van der Waals surface area (Å²) in [5, 5.41) is 15.8. The summed E-state index contributed by atoms with van der Waals surface area (Å²) in [6.45, 7) is 1.29. The number of rotatable bonds is 4. The van der Waals surface area contributed by atoms with Gasteiger partial charge in [0.1, 0.15) is 12.2 Å². The third-order valence-corrected chi connectivity index (χ3v) is 6.53. The van der Waals surface area contributed by atoms with E-state index in [1.54, 1.807) is 13.1 Å². The van der Waals surface area contributed by atoms with Crippen LogP contribution in [0.3, 0.4) is 0 Å². The number of piperidine rings is 1. The van der Waals surface area contributed by atoms with E-state index in [9.17, 15) is 9.59 Å². The van der Waals surface area contributed by atoms with Gasteiger partial charge in [-0.15, -0.1) is 5.10 Å². The first kappa shape index (κ1) is 19.7. The van der Waals surface area contributed by atoms with E-state index in [0.717, 1.165) is 37.2 Å². The predicted octanol–water partition coefficient (Wildman–Crippen LogP) is 1.69. The van der Waals surface area contributed by atoms with E-state index in [2.05, 4.69) is 20.6 Å². The third-order valence-electron chi connectivity index (χ3n) is 6.53. The number of hydrogen-bond donors (Lipinski definition) is 0. The first-order valence-electron chi connectivity index (χ1n) is 10.9. The van der Waals surface area contributed by atoms with Crippen molar-refractivity contribution in [3.05, 3.63) is 52.5 Å². The van der Waals surface area contributed by atoms with Crippen LogP contribution < -0.4 is 5.69 Å². The highest BCUT2D eigenvalue weighted by molar-refractivity contribution is 5.94. The van der Waals surface area contributed by atoms with Gasteiger partial charge in [-0.25, -0.2) is 14.2 Å². The predicted molar refractivity (Wildman–Crippen MR) is 112 cm³/mol. The molecule has 0 bridgehead atoms. The Morgan fingerprint density at radius 3 is 2.58 bits per heavy atom. The van der Waals surface area contributed by atoms with Crippen molar-refractivity contribution in [2.24, 2.45) is 7.05 Å². The molecule has 1 aromatic carbocycles. The molecule has 0 N–H and O–H groups in total. The largest absolute Gasteiger partial charge is 0.345 e. The van der Waals surface area contributed by atoms with Gasteiger partial charge in [-0.2, -0.15) is 5.10 Å². The molecule has 3 heterocycles. The van der Waals surface area contributed by atoms with Crippen molar-refractivity contribution in [1.29, 1.82) is 0 Å². The van der Waals surface area contributed by atoms with Crippen LogP contribution in [0.4, 0.5) is 0 Å². The maximum Gasteiger partial charge on any atom is 0.345 e. The fourth-order valence-electron chi connectivity index (χ4n) is 4.87.